The van der Waals surface area contributed by atoms with Crippen LogP contribution in [0, 0.1) is 5.92 Å². The van der Waals surface area contributed by atoms with Crippen molar-refractivity contribution >= 4 is 17.9 Å². The molecular formula is C34H44N4O4. The summed E-state index contributed by atoms with van der Waals surface area (Å²) < 4.78 is 0. The second-order valence-corrected chi connectivity index (χ2v) is 12.7. The molecule has 1 aliphatic carbocycles. The van der Waals surface area contributed by atoms with E-state index in [4.69, 9.17) is 0 Å². The van der Waals surface area contributed by atoms with Gasteiger partial charge in [0.05, 0.1) is 12.0 Å². The highest BCUT2D eigenvalue weighted by Gasteiger charge is 2.45. The van der Waals surface area contributed by atoms with E-state index in [9.17, 15) is 19.5 Å². The summed E-state index contributed by atoms with van der Waals surface area (Å²) >= 11 is 0. The standard InChI is InChI=1S/C34H44N4O4/c39-32(36-21-15-28(16-22-36)33(40)41)27-13-11-25(12-14-27)23-35-19-17-30(18-20-35)38-31(26-7-3-1-4-8-26)24-37(34(38)42)29-9-5-2-6-10-29/h1,3-4,7-8,11-14,28-31H,2,5-6,9-10,15-24H2,(H,40,41). The summed E-state index contributed by atoms with van der Waals surface area (Å²) in [5.74, 6) is -1.12. The average molecular weight is 573 g/mol. The van der Waals surface area contributed by atoms with E-state index in [1.165, 1.54) is 30.4 Å². The van der Waals surface area contributed by atoms with E-state index < -0.39 is 5.97 Å². The lowest BCUT2D eigenvalue weighted by atomic mass is 9.94. The Labute approximate surface area is 249 Å². The van der Waals surface area contributed by atoms with Crippen LogP contribution in [0.25, 0.3) is 0 Å². The number of rotatable bonds is 7. The van der Waals surface area contributed by atoms with Gasteiger partial charge in [-0.05, 0) is 61.8 Å². The Balaban J connectivity index is 1.05. The number of carbonyl (C=O) groups is 3. The first-order chi connectivity index (χ1) is 20.5. The molecule has 0 aromatic heterocycles. The van der Waals surface area contributed by atoms with Gasteiger partial charge in [-0.3, -0.25) is 14.5 Å². The molecule has 42 heavy (non-hydrogen) atoms. The number of carboxylic acids is 1. The molecule has 4 aliphatic rings. The highest BCUT2D eigenvalue weighted by Crippen LogP contribution is 2.38. The summed E-state index contributed by atoms with van der Waals surface area (Å²) in [6, 6.07) is 19.5. The number of hydrogen-bond donors (Lipinski definition) is 1. The van der Waals surface area contributed by atoms with E-state index in [0.717, 1.165) is 51.9 Å². The summed E-state index contributed by atoms with van der Waals surface area (Å²) in [6.07, 6.45) is 8.97. The number of aliphatic carboxylic acids is 1. The van der Waals surface area contributed by atoms with Gasteiger partial charge in [0.2, 0.25) is 0 Å². The van der Waals surface area contributed by atoms with Gasteiger partial charge in [0.1, 0.15) is 0 Å². The Morgan fingerprint density at radius 2 is 1.43 bits per heavy atom. The lowest BCUT2D eigenvalue weighted by molar-refractivity contribution is -0.143. The average Bonchev–Trinajstić information content (AvgIpc) is 3.39. The second kappa shape index (κ2) is 12.9. The van der Waals surface area contributed by atoms with Crippen molar-refractivity contribution in [3.8, 4) is 0 Å². The number of hydrogen-bond acceptors (Lipinski definition) is 4. The van der Waals surface area contributed by atoms with Crippen molar-refractivity contribution in [2.75, 3.05) is 32.7 Å². The highest BCUT2D eigenvalue weighted by atomic mass is 16.4. The van der Waals surface area contributed by atoms with Gasteiger partial charge in [-0.15, -0.1) is 0 Å². The smallest absolute Gasteiger partial charge is 0.321 e. The van der Waals surface area contributed by atoms with Crippen molar-refractivity contribution in [3.05, 3.63) is 71.3 Å². The van der Waals surface area contributed by atoms with Crippen LogP contribution in [0.4, 0.5) is 4.79 Å². The molecule has 6 rings (SSSR count). The molecule has 1 unspecified atom stereocenters. The number of piperidine rings is 2. The van der Waals surface area contributed by atoms with E-state index in [-0.39, 0.29) is 29.9 Å². The van der Waals surface area contributed by atoms with Gasteiger partial charge in [0.25, 0.3) is 5.91 Å². The molecule has 2 aromatic carbocycles. The van der Waals surface area contributed by atoms with E-state index in [1.807, 2.05) is 24.3 Å². The topological polar surface area (TPSA) is 84.4 Å². The maximum Gasteiger partial charge on any atom is 0.321 e. The summed E-state index contributed by atoms with van der Waals surface area (Å²) in [5.41, 5.74) is 3.08. The lowest BCUT2D eigenvalue weighted by Gasteiger charge is -2.39. The molecule has 1 N–H and O–H groups in total. The van der Waals surface area contributed by atoms with Gasteiger partial charge in [0.15, 0.2) is 0 Å². The quantitative estimate of drug-likeness (QED) is 0.480. The first-order valence-corrected chi connectivity index (χ1v) is 15.9. The summed E-state index contributed by atoms with van der Waals surface area (Å²) in [6.45, 7) is 4.51. The molecule has 224 valence electrons. The van der Waals surface area contributed by atoms with Crippen molar-refractivity contribution in [3.63, 3.8) is 0 Å². The molecule has 0 radical (unpaired) electrons. The number of carboxylic acid groups (broad SMARTS) is 1. The minimum absolute atomic E-state index is 0.0169. The minimum atomic E-state index is -0.764. The summed E-state index contributed by atoms with van der Waals surface area (Å²) in [5, 5.41) is 9.22. The monoisotopic (exact) mass is 572 g/mol. The van der Waals surface area contributed by atoms with Gasteiger partial charge in [-0.25, -0.2) is 4.79 Å². The zero-order valence-electron chi connectivity index (χ0n) is 24.6. The first-order valence-electron chi connectivity index (χ1n) is 15.9. The molecule has 3 aliphatic heterocycles. The number of amides is 3. The number of carbonyl (C=O) groups excluding carboxylic acids is 2. The molecule has 3 amide bonds. The Morgan fingerprint density at radius 3 is 2.07 bits per heavy atom. The molecule has 1 saturated carbocycles. The normalized spacial score (nSPS) is 23.5. The molecule has 2 aromatic rings. The van der Waals surface area contributed by atoms with Crippen molar-refractivity contribution < 1.29 is 19.5 Å². The second-order valence-electron chi connectivity index (χ2n) is 12.7. The maximum atomic E-state index is 13.9. The minimum Gasteiger partial charge on any atom is -0.481 e. The molecular weight excluding hydrogens is 528 g/mol. The van der Waals surface area contributed by atoms with Gasteiger partial charge in [0, 0.05) is 56.9 Å². The van der Waals surface area contributed by atoms with Crippen LogP contribution in [0.3, 0.4) is 0 Å². The molecule has 8 heteroatoms. The maximum absolute atomic E-state index is 13.9. The highest BCUT2D eigenvalue weighted by molar-refractivity contribution is 5.94. The van der Waals surface area contributed by atoms with Gasteiger partial charge in [-0.2, -0.15) is 0 Å². The Hall–Kier alpha value is -3.39. The third-order valence-electron chi connectivity index (χ3n) is 10.1. The van der Waals surface area contributed by atoms with E-state index in [1.54, 1.807) is 4.90 Å². The van der Waals surface area contributed by atoms with E-state index in [2.05, 4.69) is 45.0 Å². The number of likely N-dealkylation sites (tertiary alicyclic amines) is 2. The van der Waals surface area contributed by atoms with E-state index >= 15 is 0 Å². The van der Waals surface area contributed by atoms with Crippen LogP contribution < -0.4 is 0 Å². The molecule has 0 spiro atoms. The number of benzene rings is 2. The molecule has 1 atom stereocenters. The van der Waals surface area contributed by atoms with Crippen LogP contribution in [0.1, 0.15) is 85.3 Å². The van der Waals surface area contributed by atoms with Crippen LogP contribution in [0.15, 0.2) is 54.6 Å². The van der Waals surface area contributed by atoms with E-state index in [0.29, 0.717) is 37.5 Å². The lowest BCUT2D eigenvalue weighted by Crippen LogP contribution is -2.48. The fourth-order valence-corrected chi connectivity index (χ4v) is 7.56. The number of nitrogens with zero attached hydrogens (tertiary/aromatic N) is 4. The Bertz CT molecular complexity index is 1230. The fraction of sp³-hybridized carbons (Fsp3) is 0.559. The van der Waals surface area contributed by atoms with Crippen LogP contribution in [0.5, 0.6) is 0 Å². The molecule has 3 saturated heterocycles. The predicted molar refractivity (Wildman–Crippen MR) is 161 cm³/mol. The first kappa shape index (κ1) is 28.7. The van der Waals surface area contributed by atoms with Crippen molar-refractivity contribution in [1.29, 1.82) is 0 Å². The van der Waals surface area contributed by atoms with Crippen molar-refractivity contribution in [2.45, 2.75) is 82.5 Å². The van der Waals surface area contributed by atoms with Crippen LogP contribution >= 0.6 is 0 Å². The molecule has 3 heterocycles. The van der Waals surface area contributed by atoms with Crippen LogP contribution in [0.2, 0.25) is 0 Å². The summed E-state index contributed by atoms with van der Waals surface area (Å²) in [4.78, 5) is 46.7. The van der Waals surface area contributed by atoms with Gasteiger partial charge >= 0.3 is 12.0 Å². The third kappa shape index (κ3) is 6.19. The van der Waals surface area contributed by atoms with Crippen LogP contribution in [-0.4, -0.2) is 87.4 Å². The van der Waals surface area contributed by atoms with Crippen molar-refractivity contribution in [1.82, 2.24) is 19.6 Å². The largest absolute Gasteiger partial charge is 0.481 e. The van der Waals surface area contributed by atoms with Gasteiger partial charge < -0.3 is 19.8 Å². The fourth-order valence-electron chi connectivity index (χ4n) is 7.56. The predicted octanol–water partition coefficient (Wildman–Crippen LogP) is 5.40. The molecule has 0 bridgehead atoms. The Morgan fingerprint density at radius 1 is 0.762 bits per heavy atom. The van der Waals surface area contributed by atoms with Crippen LogP contribution in [-0.2, 0) is 11.3 Å². The molecule has 8 nitrogen and oxygen atoms in total. The summed E-state index contributed by atoms with van der Waals surface area (Å²) in [7, 11) is 0. The zero-order chi connectivity index (χ0) is 29.1. The number of urea groups is 1. The van der Waals surface area contributed by atoms with Gasteiger partial charge in [-0.1, -0.05) is 61.7 Å². The molecule has 4 fully saturated rings. The van der Waals surface area contributed by atoms with Crippen molar-refractivity contribution in [2.24, 2.45) is 5.92 Å². The zero-order valence-corrected chi connectivity index (χ0v) is 24.6. The third-order valence-corrected chi connectivity index (χ3v) is 10.1. The SMILES string of the molecule is O=C(O)C1CCN(C(=O)c2ccc(CN3CCC(N4C(=O)N(C5CCCCC5)CC4c4ccccc4)CC3)cc2)CC1. The Kier molecular flexibility index (Phi) is 8.79.